The lowest BCUT2D eigenvalue weighted by Gasteiger charge is -2.23. The van der Waals surface area contributed by atoms with Crippen LogP contribution in [0.5, 0.6) is 5.75 Å². The Hall–Kier alpha value is -1.69. The van der Waals surface area contributed by atoms with Crippen molar-refractivity contribution >= 4 is 5.69 Å². The summed E-state index contributed by atoms with van der Waals surface area (Å²) in [6.45, 7) is 9.56. The summed E-state index contributed by atoms with van der Waals surface area (Å²) in [7, 11) is 0. The molecule has 0 spiro atoms. The molecule has 0 saturated heterocycles. The summed E-state index contributed by atoms with van der Waals surface area (Å²) in [4.78, 5) is 2.16. The molecule has 1 aromatic rings. The molecule has 0 saturated carbocycles. The van der Waals surface area contributed by atoms with Gasteiger partial charge in [-0.15, -0.1) is 0 Å². The minimum absolute atomic E-state index is 0.195. The standard InChI is InChI=1S/C14H20N2O/c1-5-16(6-2)11-7-8-12(13(17)9-11)14(3,4)10-15/h7-9,17H,5-6H2,1-4H3. The van der Waals surface area contributed by atoms with Gasteiger partial charge in [-0.1, -0.05) is 6.07 Å². The second-order valence-corrected chi connectivity index (χ2v) is 4.61. The van der Waals surface area contributed by atoms with Gasteiger partial charge in [0.2, 0.25) is 0 Å². The van der Waals surface area contributed by atoms with Crippen LogP contribution >= 0.6 is 0 Å². The summed E-state index contributed by atoms with van der Waals surface area (Å²) < 4.78 is 0. The molecule has 3 heteroatoms. The molecule has 0 atom stereocenters. The summed E-state index contributed by atoms with van der Waals surface area (Å²) in [6, 6.07) is 7.74. The average molecular weight is 232 g/mol. The van der Waals surface area contributed by atoms with Crippen molar-refractivity contribution in [2.75, 3.05) is 18.0 Å². The van der Waals surface area contributed by atoms with Gasteiger partial charge in [0.1, 0.15) is 5.75 Å². The van der Waals surface area contributed by atoms with E-state index in [1.807, 2.05) is 12.1 Å². The van der Waals surface area contributed by atoms with Crippen LogP contribution in [0.15, 0.2) is 18.2 Å². The highest BCUT2D eigenvalue weighted by Gasteiger charge is 2.23. The molecule has 0 aromatic heterocycles. The van der Waals surface area contributed by atoms with Crippen LogP contribution in [0.2, 0.25) is 0 Å². The van der Waals surface area contributed by atoms with Gasteiger partial charge in [0.05, 0.1) is 11.5 Å². The topological polar surface area (TPSA) is 47.3 Å². The maximum atomic E-state index is 10.0. The third-order valence-corrected chi connectivity index (χ3v) is 3.06. The Morgan fingerprint density at radius 2 is 1.88 bits per heavy atom. The fourth-order valence-corrected chi connectivity index (χ4v) is 1.89. The predicted molar refractivity (Wildman–Crippen MR) is 70.3 cm³/mol. The summed E-state index contributed by atoms with van der Waals surface area (Å²) >= 11 is 0. The minimum Gasteiger partial charge on any atom is -0.508 e. The maximum absolute atomic E-state index is 10.0. The molecule has 0 radical (unpaired) electrons. The van der Waals surface area contributed by atoms with E-state index in [2.05, 4.69) is 24.8 Å². The number of nitrogens with zero attached hydrogens (tertiary/aromatic N) is 2. The monoisotopic (exact) mass is 232 g/mol. The first-order valence-corrected chi connectivity index (χ1v) is 5.96. The normalized spacial score (nSPS) is 11.0. The SMILES string of the molecule is CCN(CC)c1ccc(C(C)(C)C#N)c(O)c1. The molecular formula is C14H20N2O. The van der Waals surface area contributed by atoms with Crippen LogP contribution in [0.25, 0.3) is 0 Å². The number of benzene rings is 1. The van der Waals surface area contributed by atoms with Crippen molar-refractivity contribution < 1.29 is 5.11 Å². The van der Waals surface area contributed by atoms with Crippen LogP contribution < -0.4 is 4.90 Å². The predicted octanol–water partition coefficient (Wildman–Crippen LogP) is 3.04. The molecule has 0 aliphatic rings. The molecule has 1 N–H and O–H groups in total. The van der Waals surface area contributed by atoms with E-state index in [0.717, 1.165) is 18.8 Å². The summed E-state index contributed by atoms with van der Waals surface area (Å²) in [5.74, 6) is 0.195. The quantitative estimate of drug-likeness (QED) is 0.868. The van der Waals surface area contributed by atoms with Gasteiger partial charge in [-0.3, -0.25) is 0 Å². The van der Waals surface area contributed by atoms with Crippen molar-refractivity contribution in [2.45, 2.75) is 33.1 Å². The first kappa shape index (κ1) is 13.4. The molecule has 0 amide bonds. The molecule has 0 fully saturated rings. The van der Waals surface area contributed by atoms with Crippen molar-refractivity contribution in [3.8, 4) is 11.8 Å². The molecule has 0 aliphatic heterocycles. The second-order valence-electron chi connectivity index (χ2n) is 4.61. The number of phenolic OH excluding ortho intramolecular Hbond substituents is 1. The molecule has 3 nitrogen and oxygen atoms in total. The van der Waals surface area contributed by atoms with Gasteiger partial charge in [0.25, 0.3) is 0 Å². The van der Waals surface area contributed by atoms with Crippen LogP contribution in [-0.2, 0) is 5.41 Å². The van der Waals surface area contributed by atoms with E-state index >= 15 is 0 Å². The van der Waals surface area contributed by atoms with Crippen molar-refractivity contribution in [3.63, 3.8) is 0 Å². The lowest BCUT2D eigenvalue weighted by Crippen LogP contribution is -2.22. The molecule has 17 heavy (non-hydrogen) atoms. The van der Waals surface area contributed by atoms with Crippen molar-refractivity contribution in [2.24, 2.45) is 0 Å². The van der Waals surface area contributed by atoms with Crippen LogP contribution in [0, 0.1) is 11.3 Å². The average Bonchev–Trinajstić information content (AvgIpc) is 2.30. The summed E-state index contributed by atoms with van der Waals surface area (Å²) in [5.41, 5.74) is 1.01. The smallest absolute Gasteiger partial charge is 0.122 e. The Balaban J connectivity index is 3.15. The Morgan fingerprint density at radius 1 is 1.29 bits per heavy atom. The van der Waals surface area contributed by atoms with Crippen LogP contribution in [0.4, 0.5) is 5.69 Å². The van der Waals surface area contributed by atoms with E-state index in [1.54, 1.807) is 19.9 Å². The first-order valence-electron chi connectivity index (χ1n) is 5.96. The zero-order chi connectivity index (χ0) is 13.1. The maximum Gasteiger partial charge on any atom is 0.122 e. The fraction of sp³-hybridized carbons (Fsp3) is 0.500. The zero-order valence-corrected chi connectivity index (χ0v) is 11.0. The molecule has 0 aliphatic carbocycles. The number of nitriles is 1. The second kappa shape index (κ2) is 5.09. The number of hydrogen-bond donors (Lipinski definition) is 1. The highest BCUT2D eigenvalue weighted by molar-refractivity contribution is 5.55. The molecule has 1 aromatic carbocycles. The van der Waals surface area contributed by atoms with E-state index in [9.17, 15) is 5.11 Å². The third-order valence-electron chi connectivity index (χ3n) is 3.06. The van der Waals surface area contributed by atoms with Gasteiger partial charge in [-0.05, 0) is 33.8 Å². The third kappa shape index (κ3) is 2.71. The number of anilines is 1. The largest absolute Gasteiger partial charge is 0.508 e. The van der Waals surface area contributed by atoms with Crippen molar-refractivity contribution in [3.05, 3.63) is 23.8 Å². The molecule has 1 rings (SSSR count). The Morgan fingerprint density at radius 3 is 2.29 bits per heavy atom. The molecule has 0 unspecified atom stereocenters. The Labute approximate surface area is 103 Å². The fourth-order valence-electron chi connectivity index (χ4n) is 1.89. The Bertz CT molecular complexity index is 428. The highest BCUT2D eigenvalue weighted by atomic mass is 16.3. The van der Waals surface area contributed by atoms with Gasteiger partial charge < -0.3 is 10.0 Å². The molecule has 0 heterocycles. The van der Waals surface area contributed by atoms with Crippen molar-refractivity contribution in [1.29, 1.82) is 5.26 Å². The first-order chi connectivity index (χ1) is 7.96. The molecule has 0 bridgehead atoms. The van der Waals surface area contributed by atoms with Gasteiger partial charge >= 0.3 is 0 Å². The van der Waals surface area contributed by atoms with Gasteiger partial charge in [-0.2, -0.15) is 5.26 Å². The van der Waals surface area contributed by atoms with Crippen LogP contribution in [-0.4, -0.2) is 18.2 Å². The van der Waals surface area contributed by atoms with E-state index < -0.39 is 5.41 Å². The number of aromatic hydroxyl groups is 1. The number of phenols is 1. The minimum atomic E-state index is -0.661. The van der Waals surface area contributed by atoms with E-state index in [1.165, 1.54) is 0 Å². The molecule has 92 valence electrons. The highest BCUT2D eigenvalue weighted by Crippen LogP contribution is 2.33. The zero-order valence-electron chi connectivity index (χ0n) is 11.0. The summed E-state index contributed by atoms with van der Waals surface area (Å²) in [5, 5.41) is 19.1. The lowest BCUT2D eigenvalue weighted by molar-refractivity contribution is 0.457. The van der Waals surface area contributed by atoms with Gasteiger partial charge in [0, 0.05) is 30.4 Å². The van der Waals surface area contributed by atoms with E-state index in [0.29, 0.717) is 5.56 Å². The van der Waals surface area contributed by atoms with Gasteiger partial charge in [-0.25, -0.2) is 0 Å². The van der Waals surface area contributed by atoms with E-state index in [-0.39, 0.29) is 5.75 Å². The van der Waals surface area contributed by atoms with E-state index in [4.69, 9.17) is 5.26 Å². The number of hydrogen-bond acceptors (Lipinski definition) is 3. The lowest BCUT2D eigenvalue weighted by atomic mass is 9.85. The number of rotatable bonds is 4. The van der Waals surface area contributed by atoms with Crippen LogP contribution in [0.3, 0.4) is 0 Å². The van der Waals surface area contributed by atoms with Gasteiger partial charge in [0.15, 0.2) is 0 Å². The Kier molecular flexibility index (Phi) is 4.01. The molecular weight excluding hydrogens is 212 g/mol. The van der Waals surface area contributed by atoms with Crippen LogP contribution in [0.1, 0.15) is 33.3 Å². The summed E-state index contributed by atoms with van der Waals surface area (Å²) in [6.07, 6.45) is 0. The van der Waals surface area contributed by atoms with Crippen molar-refractivity contribution in [1.82, 2.24) is 0 Å².